The number of ether oxygens (including phenoxy) is 2. The Morgan fingerprint density at radius 2 is 2.21 bits per heavy atom. The number of urea groups is 1. The topological polar surface area (TPSA) is 110 Å². The average molecular weight is 269 g/mol. The van der Waals surface area contributed by atoms with Crippen LogP contribution >= 0.6 is 0 Å². The fourth-order valence-electron chi connectivity index (χ4n) is 1.15. The number of methoxy groups -OCH3 is 1. The van der Waals surface area contributed by atoms with Crippen LogP contribution in [-0.2, 0) is 9.53 Å². The van der Waals surface area contributed by atoms with E-state index in [-0.39, 0.29) is 19.8 Å². The van der Waals surface area contributed by atoms with Crippen molar-refractivity contribution in [2.75, 3.05) is 32.2 Å². The molecule has 0 saturated heterocycles. The molecule has 0 aliphatic rings. The highest BCUT2D eigenvalue weighted by Crippen LogP contribution is 2.10. The molecule has 1 heterocycles. The predicted octanol–water partition coefficient (Wildman–Crippen LogP) is 0.313. The molecule has 0 bridgehead atoms. The van der Waals surface area contributed by atoms with E-state index in [0.717, 1.165) is 0 Å². The van der Waals surface area contributed by atoms with Gasteiger partial charge in [0, 0.05) is 12.6 Å². The van der Waals surface area contributed by atoms with Gasteiger partial charge < -0.3 is 25.2 Å². The van der Waals surface area contributed by atoms with Crippen LogP contribution in [0.2, 0.25) is 0 Å². The summed E-state index contributed by atoms with van der Waals surface area (Å²) >= 11 is 0. The van der Waals surface area contributed by atoms with Crippen LogP contribution in [-0.4, -0.2) is 49.0 Å². The Bertz CT molecular complexity index is 421. The minimum atomic E-state index is -1.05. The van der Waals surface area contributed by atoms with Gasteiger partial charge in [-0.1, -0.05) is 0 Å². The third-order valence-electron chi connectivity index (χ3n) is 1.96. The summed E-state index contributed by atoms with van der Waals surface area (Å²) in [6, 6.07) is 2.84. The van der Waals surface area contributed by atoms with Gasteiger partial charge in [0.25, 0.3) is 0 Å². The minimum absolute atomic E-state index is 0.126. The number of nitrogens with one attached hydrogen (secondary N) is 2. The van der Waals surface area contributed by atoms with E-state index in [1.807, 2.05) is 0 Å². The standard InChI is InChI=1S/C11H15N3O5/c1-18-9-3-2-8(6-13-9)14-11(17)12-4-5-19-7-10(15)16/h2-3,6H,4-5,7H2,1H3,(H,15,16)(H2,12,14,17). The first-order chi connectivity index (χ1) is 9.11. The van der Waals surface area contributed by atoms with E-state index in [1.54, 1.807) is 12.1 Å². The van der Waals surface area contributed by atoms with Gasteiger partial charge in [-0.05, 0) is 6.07 Å². The Labute approximate surface area is 109 Å². The third-order valence-corrected chi connectivity index (χ3v) is 1.96. The van der Waals surface area contributed by atoms with Gasteiger partial charge in [-0.2, -0.15) is 0 Å². The Morgan fingerprint density at radius 3 is 2.79 bits per heavy atom. The lowest BCUT2D eigenvalue weighted by Gasteiger charge is -2.07. The maximum Gasteiger partial charge on any atom is 0.329 e. The van der Waals surface area contributed by atoms with Gasteiger partial charge in [0.15, 0.2) is 0 Å². The summed E-state index contributed by atoms with van der Waals surface area (Å²) in [6.45, 7) is -0.0466. The number of amides is 2. The molecule has 0 radical (unpaired) electrons. The van der Waals surface area contributed by atoms with Crippen molar-refractivity contribution in [1.82, 2.24) is 10.3 Å². The second-order valence-corrected chi connectivity index (χ2v) is 3.42. The zero-order valence-electron chi connectivity index (χ0n) is 10.4. The molecular weight excluding hydrogens is 254 g/mol. The highest BCUT2D eigenvalue weighted by atomic mass is 16.5. The molecule has 1 aromatic rings. The van der Waals surface area contributed by atoms with Gasteiger partial charge >= 0.3 is 12.0 Å². The number of pyridine rings is 1. The van der Waals surface area contributed by atoms with Gasteiger partial charge in [0.05, 0.1) is 25.6 Å². The van der Waals surface area contributed by atoms with Crippen molar-refractivity contribution in [3.63, 3.8) is 0 Å². The second kappa shape index (κ2) is 7.88. The number of carbonyl (C=O) groups is 2. The second-order valence-electron chi connectivity index (χ2n) is 3.42. The predicted molar refractivity (Wildman–Crippen MR) is 66.3 cm³/mol. The first kappa shape index (κ1) is 14.7. The molecule has 0 fully saturated rings. The van der Waals surface area contributed by atoms with Crippen LogP contribution in [0.5, 0.6) is 5.88 Å². The van der Waals surface area contributed by atoms with Crippen LogP contribution in [0.3, 0.4) is 0 Å². The van der Waals surface area contributed by atoms with Gasteiger partial charge in [0.1, 0.15) is 6.61 Å². The number of carbonyl (C=O) groups excluding carboxylic acids is 1. The number of nitrogens with zero attached hydrogens (tertiary/aromatic N) is 1. The summed E-state index contributed by atoms with van der Waals surface area (Å²) < 4.78 is 9.64. The Balaban J connectivity index is 2.21. The first-order valence-electron chi connectivity index (χ1n) is 5.46. The highest BCUT2D eigenvalue weighted by Gasteiger charge is 2.02. The largest absolute Gasteiger partial charge is 0.481 e. The zero-order valence-corrected chi connectivity index (χ0v) is 10.4. The molecule has 0 unspecified atom stereocenters. The maximum absolute atomic E-state index is 11.4. The van der Waals surface area contributed by atoms with Gasteiger partial charge in [-0.15, -0.1) is 0 Å². The molecule has 0 aromatic carbocycles. The van der Waals surface area contributed by atoms with E-state index in [0.29, 0.717) is 11.6 Å². The van der Waals surface area contributed by atoms with Crippen LogP contribution in [0.1, 0.15) is 0 Å². The molecular formula is C11H15N3O5. The SMILES string of the molecule is COc1ccc(NC(=O)NCCOCC(=O)O)cn1. The lowest BCUT2D eigenvalue weighted by Crippen LogP contribution is -2.32. The number of hydrogen-bond donors (Lipinski definition) is 3. The fourth-order valence-corrected chi connectivity index (χ4v) is 1.15. The summed E-state index contributed by atoms with van der Waals surface area (Å²) in [5, 5.41) is 13.4. The van der Waals surface area contributed by atoms with Crippen molar-refractivity contribution in [3.8, 4) is 5.88 Å². The van der Waals surface area contributed by atoms with Gasteiger partial charge in [0.2, 0.25) is 5.88 Å². The molecule has 8 heteroatoms. The number of hydrogen-bond acceptors (Lipinski definition) is 5. The smallest absolute Gasteiger partial charge is 0.329 e. The molecule has 1 aromatic heterocycles. The van der Waals surface area contributed by atoms with Gasteiger partial charge in [-0.3, -0.25) is 0 Å². The van der Waals surface area contributed by atoms with Gasteiger partial charge in [-0.25, -0.2) is 14.6 Å². The number of aliphatic carboxylic acids is 1. The van der Waals surface area contributed by atoms with Crippen LogP contribution in [0.25, 0.3) is 0 Å². The van der Waals surface area contributed by atoms with Crippen LogP contribution in [0.15, 0.2) is 18.3 Å². The lowest BCUT2D eigenvalue weighted by molar-refractivity contribution is -0.142. The molecule has 1 rings (SSSR count). The number of carboxylic acids is 1. The summed E-state index contributed by atoms with van der Waals surface area (Å²) in [6.07, 6.45) is 1.46. The molecule has 19 heavy (non-hydrogen) atoms. The molecule has 0 spiro atoms. The Morgan fingerprint density at radius 1 is 1.42 bits per heavy atom. The molecule has 0 atom stereocenters. The number of anilines is 1. The molecule has 3 N–H and O–H groups in total. The van der Waals surface area contributed by atoms with E-state index in [9.17, 15) is 9.59 Å². The monoisotopic (exact) mass is 269 g/mol. The van der Waals surface area contributed by atoms with Crippen molar-refractivity contribution in [2.24, 2.45) is 0 Å². The highest BCUT2D eigenvalue weighted by molar-refractivity contribution is 5.88. The summed E-state index contributed by atoms with van der Waals surface area (Å²) in [5.74, 6) is -0.596. The Kier molecular flexibility index (Phi) is 6.10. The molecule has 0 saturated carbocycles. The van der Waals surface area contributed by atoms with E-state index in [2.05, 4.69) is 15.6 Å². The third kappa shape index (κ3) is 6.22. The molecule has 2 amide bonds. The maximum atomic E-state index is 11.4. The van der Waals surface area contributed by atoms with Crippen molar-refractivity contribution in [2.45, 2.75) is 0 Å². The molecule has 104 valence electrons. The zero-order chi connectivity index (χ0) is 14.1. The average Bonchev–Trinajstić information content (AvgIpc) is 2.39. The van der Waals surface area contributed by atoms with Crippen molar-refractivity contribution in [3.05, 3.63) is 18.3 Å². The molecule has 0 aliphatic heterocycles. The molecule has 8 nitrogen and oxygen atoms in total. The quantitative estimate of drug-likeness (QED) is 0.615. The van der Waals surface area contributed by atoms with Crippen LogP contribution in [0.4, 0.5) is 10.5 Å². The van der Waals surface area contributed by atoms with E-state index >= 15 is 0 Å². The van der Waals surface area contributed by atoms with Crippen molar-refractivity contribution in [1.29, 1.82) is 0 Å². The number of aromatic nitrogens is 1. The summed E-state index contributed by atoms with van der Waals surface area (Å²) in [7, 11) is 1.50. The summed E-state index contributed by atoms with van der Waals surface area (Å²) in [5.41, 5.74) is 0.518. The van der Waals surface area contributed by atoms with Crippen molar-refractivity contribution >= 4 is 17.7 Å². The van der Waals surface area contributed by atoms with Crippen LogP contribution < -0.4 is 15.4 Å². The Hall–Kier alpha value is -2.35. The van der Waals surface area contributed by atoms with Crippen LogP contribution in [0, 0.1) is 0 Å². The summed E-state index contributed by atoms with van der Waals surface area (Å²) in [4.78, 5) is 25.5. The van der Waals surface area contributed by atoms with E-state index < -0.39 is 12.0 Å². The lowest BCUT2D eigenvalue weighted by atomic mass is 10.4. The van der Waals surface area contributed by atoms with E-state index in [4.69, 9.17) is 14.6 Å². The molecule has 0 aliphatic carbocycles. The number of rotatable bonds is 7. The minimum Gasteiger partial charge on any atom is -0.481 e. The first-order valence-corrected chi connectivity index (χ1v) is 5.46. The normalized spacial score (nSPS) is 9.74. The van der Waals surface area contributed by atoms with E-state index in [1.165, 1.54) is 13.3 Å². The number of carboxylic acid groups (broad SMARTS) is 1. The van der Waals surface area contributed by atoms with Crippen molar-refractivity contribution < 1.29 is 24.2 Å². The fraction of sp³-hybridized carbons (Fsp3) is 0.364.